The molecule has 1 aromatic rings. The highest BCUT2D eigenvalue weighted by atomic mass is 32.2. The van der Waals surface area contributed by atoms with Crippen LogP contribution >= 0.6 is 11.8 Å². The predicted octanol–water partition coefficient (Wildman–Crippen LogP) is 4.38. The zero-order valence-electron chi connectivity index (χ0n) is 14.3. The Morgan fingerprint density at radius 2 is 1.88 bits per heavy atom. The molecule has 1 amide bonds. The van der Waals surface area contributed by atoms with Gasteiger partial charge in [0.25, 0.3) is 0 Å². The van der Waals surface area contributed by atoms with Crippen LogP contribution in [-0.4, -0.2) is 23.7 Å². The Morgan fingerprint density at radius 1 is 1.21 bits per heavy atom. The fourth-order valence-electron chi connectivity index (χ4n) is 1.97. The lowest BCUT2D eigenvalue weighted by atomic mass is 10.1. The van der Waals surface area contributed by atoms with E-state index >= 15 is 0 Å². The number of amides is 1. The number of hydrogen-bond donors (Lipinski definition) is 1. The Hall–Kier alpha value is -1.63. The lowest BCUT2D eigenvalue weighted by molar-refractivity contribution is -0.143. The van der Waals surface area contributed by atoms with E-state index in [1.165, 1.54) is 6.07 Å². The van der Waals surface area contributed by atoms with Crippen LogP contribution in [0.15, 0.2) is 17.0 Å². The highest BCUT2D eigenvalue weighted by Gasteiger charge is 2.26. The van der Waals surface area contributed by atoms with E-state index in [9.17, 15) is 18.4 Å². The summed E-state index contributed by atoms with van der Waals surface area (Å²) in [4.78, 5) is 23.7. The minimum Gasteiger partial charge on any atom is -0.465 e. The molecule has 0 aliphatic carbocycles. The van der Waals surface area contributed by atoms with Gasteiger partial charge >= 0.3 is 5.97 Å². The van der Waals surface area contributed by atoms with Crippen molar-refractivity contribution >= 4 is 29.3 Å². The normalized spacial score (nSPS) is 12.1. The largest absolute Gasteiger partial charge is 0.465 e. The van der Waals surface area contributed by atoms with Crippen LogP contribution in [-0.2, 0) is 14.3 Å². The summed E-state index contributed by atoms with van der Waals surface area (Å²) < 4.78 is 32.9. The van der Waals surface area contributed by atoms with Crippen LogP contribution < -0.4 is 5.32 Å². The molecule has 134 valence electrons. The van der Waals surface area contributed by atoms with Gasteiger partial charge in [-0.3, -0.25) is 9.59 Å². The number of carbonyl (C=O) groups excluding carboxylic acids is 2. The van der Waals surface area contributed by atoms with Gasteiger partial charge in [0, 0.05) is 17.4 Å². The Bertz CT molecular complexity index is 593. The molecule has 0 radical (unpaired) electrons. The van der Waals surface area contributed by atoms with Gasteiger partial charge in [-0.2, -0.15) is 0 Å². The average Bonchev–Trinajstić information content (AvgIpc) is 2.48. The van der Waals surface area contributed by atoms with E-state index < -0.39 is 22.9 Å². The maximum absolute atomic E-state index is 14.1. The number of hydrogen-bond acceptors (Lipinski definition) is 4. The van der Waals surface area contributed by atoms with Gasteiger partial charge in [0.05, 0.1) is 12.3 Å². The number of benzene rings is 1. The smallest absolute Gasteiger partial charge is 0.319 e. The molecule has 0 saturated heterocycles. The first-order valence-corrected chi connectivity index (χ1v) is 8.80. The van der Waals surface area contributed by atoms with Gasteiger partial charge in [0.1, 0.15) is 16.9 Å². The van der Waals surface area contributed by atoms with E-state index in [0.29, 0.717) is 12.5 Å². The molecule has 0 spiro atoms. The second kappa shape index (κ2) is 9.61. The van der Waals surface area contributed by atoms with Crippen LogP contribution in [0.2, 0.25) is 0 Å². The Morgan fingerprint density at radius 3 is 2.42 bits per heavy atom. The van der Waals surface area contributed by atoms with Crippen molar-refractivity contribution in [1.82, 2.24) is 0 Å². The molecule has 1 unspecified atom stereocenters. The molecule has 7 heteroatoms. The third kappa shape index (κ3) is 5.78. The first-order valence-electron chi connectivity index (χ1n) is 7.92. The first-order chi connectivity index (χ1) is 11.3. The van der Waals surface area contributed by atoms with E-state index in [-0.39, 0.29) is 35.4 Å². The van der Waals surface area contributed by atoms with Crippen LogP contribution in [0.5, 0.6) is 0 Å². The molecule has 0 heterocycles. The van der Waals surface area contributed by atoms with E-state index in [0.717, 1.165) is 11.8 Å². The van der Waals surface area contributed by atoms with Gasteiger partial charge in [-0.1, -0.05) is 20.8 Å². The van der Waals surface area contributed by atoms with Crippen LogP contribution in [0, 0.1) is 17.6 Å². The van der Waals surface area contributed by atoms with Crippen molar-refractivity contribution in [3.63, 3.8) is 0 Å². The minimum atomic E-state index is -0.849. The van der Waals surface area contributed by atoms with Gasteiger partial charge in [0.15, 0.2) is 0 Å². The zero-order chi connectivity index (χ0) is 18.3. The molecular formula is C17H23F2NO3S. The number of anilines is 1. The van der Waals surface area contributed by atoms with Crippen molar-refractivity contribution in [3.05, 3.63) is 23.8 Å². The van der Waals surface area contributed by atoms with Gasteiger partial charge < -0.3 is 10.1 Å². The number of halogens is 2. The van der Waals surface area contributed by atoms with E-state index in [1.807, 2.05) is 20.8 Å². The molecular weight excluding hydrogens is 336 g/mol. The number of nitrogens with one attached hydrogen (secondary N) is 1. The van der Waals surface area contributed by atoms with Crippen molar-refractivity contribution in [2.75, 3.05) is 11.9 Å². The second-order valence-electron chi connectivity index (χ2n) is 5.60. The van der Waals surface area contributed by atoms with E-state index in [4.69, 9.17) is 4.74 Å². The number of thioether (sulfide) groups is 1. The Balaban J connectivity index is 3.05. The standard InChI is InChI=1S/C17H23F2NO3S/c1-5-7-15(21)20-13-9-14(12(19)8-11(13)18)24-16(10(3)4)17(22)23-6-2/h8-10,16H,5-7H2,1-4H3,(H,20,21). The molecule has 24 heavy (non-hydrogen) atoms. The lowest BCUT2D eigenvalue weighted by Crippen LogP contribution is -2.25. The van der Waals surface area contributed by atoms with Crippen molar-refractivity contribution in [2.24, 2.45) is 5.92 Å². The summed E-state index contributed by atoms with van der Waals surface area (Å²) in [6.07, 6.45) is 0.866. The number of esters is 1. The fourth-order valence-corrected chi connectivity index (χ4v) is 3.04. The molecule has 1 rings (SSSR count). The molecule has 0 fully saturated rings. The van der Waals surface area contributed by atoms with Crippen LogP contribution in [0.25, 0.3) is 0 Å². The summed E-state index contributed by atoms with van der Waals surface area (Å²) in [6, 6.07) is 1.93. The molecule has 4 nitrogen and oxygen atoms in total. The molecule has 0 aliphatic heterocycles. The number of rotatable bonds is 8. The molecule has 0 bridgehead atoms. The lowest BCUT2D eigenvalue weighted by Gasteiger charge is -2.19. The van der Waals surface area contributed by atoms with Gasteiger partial charge in [-0.05, 0) is 25.3 Å². The third-order valence-corrected chi connectivity index (χ3v) is 4.71. The van der Waals surface area contributed by atoms with Crippen molar-refractivity contribution < 1.29 is 23.1 Å². The van der Waals surface area contributed by atoms with Crippen LogP contribution in [0.4, 0.5) is 14.5 Å². The third-order valence-electron chi connectivity index (χ3n) is 3.15. The average molecular weight is 359 g/mol. The fraction of sp³-hybridized carbons (Fsp3) is 0.529. The van der Waals surface area contributed by atoms with Gasteiger partial charge in [-0.15, -0.1) is 11.8 Å². The molecule has 1 aromatic carbocycles. The molecule has 1 N–H and O–H groups in total. The predicted molar refractivity (Wildman–Crippen MR) is 91.0 cm³/mol. The summed E-state index contributed by atoms with van der Waals surface area (Å²) in [5.74, 6) is -2.52. The van der Waals surface area contributed by atoms with Gasteiger partial charge in [0.2, 0.25) is 5.91 Å². The summed E-state index contributed by atoms with van der Waals surface area (Å²) >= 11 is 0.967. The topological polar surface area (TPSA) is 55.4 Å². The quantitative estimate of drug-likeness (QED) is 0.553. The first kappa shape index (κ1) is 20.4. The highest BCUT2D eigenvalue weighted by Crippen LogP contribution is 2.34. The Kier molecular flexibility index (Phi) is 8.18. The second-order valence-corrected chi connectivity index (χ2v) is 6.78. The Labute approximate surface area is 145 Å². The van der Waals surface area contributed by atoms with Gasteiger partial charge in [-0.25, -0.2) is 8.78 Å². The van der Waals surface area contributed by atoms with Crippen LogP contribution in [0.1, 0.15) is 40.5 Å². The van der Waals surface area contributed by atoms with Crippen molar-refractivity contribution in [3.8, 4) is 0 Å². The van der Waals surface area contributed by atoms with Crippen molar-refractivity contribution in [2.45, 2.75) is 50.7 Å². The zero-order valence-corrected chi connectivity index (χ0v) is 15.1. The summed E-state index contributed by atoms with van der Waals surface area (Å²) in [7, 11) is 0. The molecule has 0 aliphatic rings. The van der Waals surface area contributed by atoms with Crippen LogP contribution in [0.3, 0.4) is 0 Å². The maximum Gasteiger partial charge on any atom is 0.319 e. The number of ether oxygens (including phenoxy) is 1. The molecule has 0 aromatic heterocycles. The molecule has 1 atom stereocenters. The van der Waals surface area contributed by atoms with E-state index in [2.05, 4.69) is 5.32 Å². The number of carbonyl (C=O) groups is 2. The summed E-state index contributed by atoms with van der Waals surface area (Å²) in [5.41, 5.74) is -0.0938. The molecule has 0 saturated carbocycles. The monoisotopic (exact) mass is 359 g/mol. The summed E-state index contributed by atoms with van der Waals surface area (Å²) in [5, 5.41) is 1.80. The minimum absolute atomic E-state index is 0.0925. The van der Waals surface area contributed by atoms with E-state index in [1.54, 1.807) is 6.92 Å². The summed E-state index contributed by atoms with van der Waals surface area (Å²) in [6.45, 7) is 7.39. The highest BCUT2D eigenvalue weighted by molar-refractivity contribution is 8.00. The SMILES string of the molecule is CCCC(=O)Nc1cc(SC(C(=O)OCC)C(C)C)c(F)cc1F. The maximum atomic E-state index is 14.1. The van der Waals surface area contributed by atoms with Crippen molar-refractivity contribution in [1.29, 1.82) is 0 Å².